The molecule has 77 heavy (non-hydrogen) atoms. The van der Waals surface area contributed by atoms with Crippen molar-refractivity contribution in [2.45, 2.75) is 83.8 Å². The van der Waals surface area contributed by atoms with E-state index in [1.54, 1.807) is 16.7 Å². The van der Waals surface area contributed by atoms with Crippen LogP contribution in [0.25, 0.3) is 44.9 Å². The Kier molecular flexibility index (Phi) is 12.1. The molecule has 0 saturated carbocycles. The lowest BCUT2D eigenvalue weighted by molar-refractivity contribution is -0.140. The summed E-state index contributed by atoms with van der Waals surface area (Å²) < 4.78 is 57.6. The summed E-state index contributed by atoms with van der Waals surface area (Å²) >= 11 is 0. The molecule has 1 spiro atoms. The van der Waals surface area contributed by atoms with E-state index in [9.17, 15) is 9.59 Å². The van der Waals surface area contributed by atoms with Crippen LogP contribution in [0.2, 0.25) is 0 Å². The fraction of sp³-hybridized carbons (Fsp3) is 0.246. The molecule has 2 amide bonds. The van der Waals surface area contributed by atoms with Crippen molar-refractivity contribution in [2.75, 3.05) is 5.32 Å². The third-order valence-corrected chi connectivity index (χ3v) is 16.9. The van der Waals surface area contributed by atoms with Crippen LogP contribution in [-0.2, 0) is 59.6 Å². The summed E-state index contributed by atoms with van der Waals surface area (Å²) in [5, 5.41) is 10.9. The molecule has 13 rings (SSSR count). The number of ether oxygens (including phenoxy) is 2. The normalized spacial score (nSPS) is 19.2. The Balaban J connectivity index is 0.976. The van der Waals surface area contributed by atoms with E-state index in [4.69, 9.17) is 37.3 Å². The minimum absolute atomic E-state index is 0.0178. The average Bonchev–Trinajstić information content (AvgIpc) is 4.42. The number of benzene rings is 6. The van der Waals surface area contributed by atoms with Crippen LogP contribution in [0.5, 0.6) is 5.75 Å². The minimum atomic E-state index is -4.21. The number of rotatable bonds is 14. The molecular weight excluding hydrogens is 992 g/mol. The molecule has 7 heterocycles. The number of anilines is 1. The summed E-state index contributed by atoms with van der Waals surface area (Å²) in [6.45, 7) is 8.07. The van der Waals surface area contributed by atoms with Crippen LogP contribution in [0.4, 0.5) is 5.69 Å². The lowest BCUT2D eigenvalue weighted by atomic mass is 9.72. The number of para-hydroxylation sites is 1. The Labute approximate surface area is 444 Å². The zero-order valence-corrected chi connectivity index (χ0v) is 43.7. The van der Waals surface area contributed by atoms with Gasteiger partial charge in [-0.1, -0.05) is 161 Å². The van der Waals surface area contributed by atoms with Gasteiger partial charge < -0.3 is 34.3 Å². The van der Waals surface area contributed by atoms with Crippen LogP contribution in [0.15, 0.2) is 167 Å². The van der Waals surface area contributed by atoms with Crippen LogP contribution in [0.3, 0.4) is 0 Å². The molecule has 4 aliphatic rings. The molecule has 3 N–H and O–H groups in total. The summed E-state index contributed by atoms with van der Waals surface area (Å²) in [7, 11) is -4.21. The van der Waals surface area contributed by atoms with Gasteiger partial charge in [-0.15, -0.1) is 0 Å². The molecule has 3 aromatic heterocycles. The first-order chi connectivity index (χ1) is 37.5. The van der Waals surface area contributed by atoms with Crippen molar-refractivity contribution in [3.63, 3.8) is 0 Å². The molecule has 4 aliphatic heterocycles. The molecular formula is C61H55N6O9P. The lowest BCUT2D eigenvalue weighted by Crippen LogP contribution is -2.53. The molecule has 0 aliphatic carbocycles. The number of amides is 2. The maximum atomic E-state index is 15.7. The summed E-state index contributed by atoms with van der Waals surface area (Å²) in [5.41, 5.74) is 7.68. The predicted molar refractivity (Wildman–Crippen MR) is 289 cm³/mol. The maximum absolute atomic E-state index is 15.7. The van der Waals surface area contributed by atoms with E-state index in [0.29, 0.717) is 34.0 Å². The van der Waals surface area contributed by atoms with Gasteiger partial charge in [-0.25, -0.2) is 14.5 Å². The SMILES string of the molecule is CC(C)[C@H](OCc1ccccc1)C(=O)N[C@H]1Cc2ccc3c(c2)[C@]24c5cccc(c5NC2O3)-c2cccc3c2c(cn3P(=O)(OCc2ccccc2)OCc2ccccc2)-c2cnc(o2)-c2nc(oc24)[C@H](C(C)C)NC1=O. The molecule has 6 aromatic carbocycles. The number of hydrogen-bond donors (Lipinski definition) is 3. The molecule has 0 radical (unpaired) electrons. The van der Waals surface area contributed by atoms with Gasteiger partial charge in [-0.2, -0.15) is 0 Å². The third-order valence-electron chi connectivity index (χ3n) is 15.1. The van der Waals surface area contributed by atoms with Crippen molar-refractivity contribution in [1.82, 2.24) is 24.9 Å². The molecule has 9 aromatic rings. The van der Waals surface area contributed by atoms with Gasteiger partial charge in [0, 0.05) is 45.9 Å². The first-order valence-electron chi connectivity index (χ1n) is 26.0. The minimum Gasteiger partial charge on any atom is -0.469 e. The number of carbonyl (C=O) groups excluding carboxylic acids is 2. The van der Waals surface area contributed by atoms with Gasteiger partial charge in [0.15, 0.2) is 23.4 Å². The number of nitrogens with zero attached hydrogens (tertiary/aromatic N) is 3. The summed E-state index contributed by atoms with van der Waals surface area (Å²) in [6, 6.07) is 45.0. The van der Waals surface area contributed by atoms with Gasteiger partial charge in [0.25, 0.3) is 0 Å². The molecule has 0 saturated heterocycles. The van der Waals surface area contributed by atoms with Gasteiger partial charge in [-0.05, 0) is 51.8 Å². The highest BCUT2D eigenvalue weighted by Gasteiger charge is 2.62. The maximum Gasteiger partial charge on any atom is 0.440 e. The zero-order chi connectivity index (χ0) is 52.6. The van der Waals surface area contributed by atoms with Crippen molar-refractivity contribution in [1.29, 1.82) is 0 Å². The number of hydrogen-bond acceptors (Lipinski definition) is 12. The van der Waals surface area contributed by atoms with Crippen LogP contribution < -0.4 is 20.7 Å². The van der Waals surface area contributed by atoms with E-state index in [0.717, 1.165) is 55.6 Å². The van der Waals surface area contributed by atoms with Gasteiger partial charge in [-0.3, -0.25) is 23.0 Å². The molecule has 5 atom stereocenters. The number of oxazole rings is 2. The first kappa shape index (κ1) is 48.6. The van der Waals surface area contributed by atoms with Crippen LogP contribution in [0, 0.1) is 11.8 Å². The quantitative estimate of drug-likeness (QED) is 0.0878. The van der Waals surface area contributed by atoms with E-state index in [1.165, 1.54) is 0 Å². The van der Waals surface area contributed by atoms with Gasteiger partial charge >= 0.3 is 7.75 Å². The zero-order valence-electron chi connectivity index (χ0n) is 42.8. The lowest BCUT2D eigenvalue weighted by Gasteiger charge is -2.29. The van der Waals surface area contributed by atoms with Crippen molar-refractivity contribution in [2.24, 2.45) is 11.8 Å². The number of nitrogens with one attached hydrogen (secondary N) is 3. The molecule has 16 heteroatoms. The second-order valence-electron chi connectivity index (χ2n) is 20.8. The number of aromatic nitrogens is 3. The largest absolute Gasteiger partial charge is 0.469 e. The summed E-state index contributed by atoms with van der Waals surface area (Å²) in [5.74, 6) is 0.498. The van der Waals surface area contributed by atoms with E-state index in [-0.39, 0.29) is 49.9 Å². The third kappa shape index (κ3) is 8.27. The van der Waals surface area contributed by atoms with Crippen molar-refractivity contribution >= 4 is 36.2 Å². The molecule has 388 valence electrons. The van der Waals surface area contributed by atoms with E-state index in [1.807, 2.05) is 161 Å². The predicted octanol–water partition coefficient (Wildman–Crippen LogP) is 11.9. The summed E-state index contributed by atoms with van der Waals surface area (Å²) in [6.07, 6.45) is 1.95. The van der Waals surface area contributed by atoms with Crippen molar-refractivity contribution in [3.8, 4) is 39.8 Å². The fourth-order valence-corrected chi connectivity index (χ4v) is 13.0. The molecule has 15 nitrogen and oxygen atoms in total. The Morgan fingerprint density at radius 2 is 1.45 bits per heavy atom. The topological polar surface area (TPSA) is 181 Å². The Morgan fingerprint density at radius 3 is 2.14 bits per heavy atom. The van der Waals surface area contributed by atoms with Gasteiger partial charge in [0.1, 0.15) is 29.4 Å². The Morgan fingerprint density at radius 1 is 0.779 bits per heavy atom. The second kappa shape index (κ2) is 19.2. The Bertz CT molecular complexity index is 3730. The van der Waals surface area contributed by atoms with E-state index < -0.39 is 49.4 Å². The fourth-order valence-electron chi connectivity index (χ4n) is 11.3. The molecule has 1 unspecified atom stereocenters. The second-order valence-corrected chi connectivity index (χ2v) is 22.7. The highest BCUT2D eigenvalue weighted by Crippen LogP contribution is 2.62. The van der Waals surface area contributed by atoms with Crippen molar-refractivity contribution < 1.29 is 41.5 Å². The average molecular weight is 1050 g/mol. The van der Waals surface area contributed by atoms with E-state index >= 15 is 4.57 Å². The van der Waals surface area contributed by atoms with Gasteiger partial charge in [0.2, 0.25) is 23.6 Å². The standard InChI is InChI=1S/C61H55N6O9P/c1-35(2)51-59-65-53-55(76-59)61-44-24-14-23-42(52(44)66-60(61)75-48-27-26-40(28-45(48)61)29-46(56(68)64-51)63-57(69)54(36(3)4)71-32-37-16-8-5-9-17-37)41-22-15-25-47-50(41)43(49-30-62-58(53)74-49)31-67(47)77(70,72-33-38-18-10-6-11-19-38)73-34-39-20-12-7-13-21-39/h5-28,30-31,35-36,46,51,54,60,66H,29,32-34H2,1-4H3,(H,63,69)(H,64,68)/t46-,51-,54-,60?,61-/m0/s1. The first-order valence-corrected chi connectivity index (χ1v) is 27.5. The van der Waals surface area contributed by atoms with Crippen LogP contribution in [0.1, 0.15) is 78.8 Å². The molecule has 10 bridgehead atoms. The number of carbonyl (C=O) groups is 2. The highest BCUT2D eigenvalue weighted by molar-refractivity contribution is 7.52. The van der Waals surface area contributed by atoms with Crippen LogP contribution >= 0.6 is 7.75 Å². The Hall–Kier alpha value is -8.07. The van der Waals surface area contributed by atoms with Crippen molar-refractivity contribution in [3.05, 3.63) is 203 Å². The molecule has 0 fully saturated rings. The summed E-state index contributed by atoms with van der Waals surface area (Å²) in [4.78, 5) is 39.4. The van der Waals surface area contributed by atoms with Gasteiger partial charge in [0.05, 0.1) is 31.5 Å². The van der Waals surface area contributed by atoms with E-state index in [2.05, 4.69) is 28.1 Å². The van der Waals surface area contributed by atoms with Crippen LogP contribution in [-0.4, -0.2) is 44.5 Å². The number of fused-ring (bicyclic) bond motifs is 7. The highest BCUT2D eigenvalue weighted by atomic mass is 31.2. The smallest absolute Gasteiger partial charge is 0.440 e. The monoisotopic (exact) mass is 1050 g/mol.